The van der Waals surface area contributed by atoms with Crippen LogP contribution in [0.15, 0.2) is 41.1 Å². The van der Waals surface area contributed by atoms with Crippen LogP contribution in [-0.2, 0) is 17.8 Å². The van der Waals surface area contributed by atoms with Gasteiger partial charge in [0.2, 0.25) is 5.91 Å². The Morgan fingerprint density at radius 3 is 3.00 bits per heavy atom. The third-order valence-corrected chi connectivity index (χ3v) is 5.54. The van der Waals surface area contributed by atoms with Gasteiger partial charge in [-0.2, -0.15) is 11.3 Å². The number of carbonyl (C=O) groups is 1. The zero-order valence-corrected chi connectivity index (χ0v) is 14.6. The number of thiophene rings is 1. The molecule has 4 rings (SSSR count). The summed E-state index contributed by atoms with van der Waals surface area (Å²) in [5.74, 6) is 1.25. The van der Waals surface area contributed by atoms with Crippen molar-refractivity contribution in [3.05, 3.63) is 52.5 Å². The molecule has 0 radical (unpaired) electrons. The summed E-state index contributed by atoms with van der Waals surface area (Å²) < 4.78 is 2.26. The maximum Gasteiger partial charge on any atom is 0.227 e. The van der Waals surface area contributed by atoms with Crippen LogP contribution in [0.1, 0.15) is 37.2 Å². The molecule has 0 unspecified atom stereocenters. The van der Waals surface area contributed by atoms with Crippen LogP contribution >= 0.6 is 11.3 Å². The largest absolute Gasteiger partial charge is 0.332 e. The average Bonchev–Trinajstić information content (AvgIpc) is 3.33. The van der Waals surface area contributed by atoms with Crippen molar-refractivity contribution in [1.82, 2.24) is 14.5 Å². The number of aromatic nitrogens is 2. The maximum absolute atomic E-state index is 12.8. The van der Waals surface area contributed by atoms with E-state index in [-0.39, 0.29) is 11.9 Å². The molecule has 0 saturated carbocycles. The predicted molar refractivity (Wildman–Crippen MR) is 97.1 cm³/mol. The number of carbonyl (C=O) groups excluding carboxylic acids is 1. The maximum atomic E-state index is 12.8. The Morgan fingerprint density at radius 1 is 1.33 bits per heavy atom. The number of rotatable bonds is 4. The minimum absolute atomic E-state index is 0.100. The fourth-order valence-corrected chi connectivity index (χ4v) is 4.35. The minimum atomic E-state index is 0.100. The van der Waals surface area contributed by atoms with E-state index in [9.17, 15) is 4.79 Å². The Bertz CT molecular complexity index is 853. The van der Waals surface area contributed by atoms with Crippen molar-refractivity contribution in [2.75, 3.05) is 6.54 Å². The number of nitrogens with zero attached hydrogens (tertiary/aromatic N) is 3. The zero-order chi connectivity index (χ0) is 16.5. The summed E-state index contributed by atoms with van der Waals surface area (Å²) in [4.78, 5) is 19.7. The van der Waals surface area contributed by atoms with E-state index in [0.717, 1.165) is 48.4 Å². The number of likely N-dealkylation sites (tertiary alicyclic amines) is 1. The summed E-state index contributed by atoms with van der Waals surface area (Å²) in [7, 11) is 0. The van der Waals surface area contributed by atoms with Gasteiger partial charge in [-0.3, -0.25) is 4.79 Å². The normalized spacial score (nSPS) is 17.7. The molecule has 1 atom stereocenters. The topological polar surface area (TPSA) is 38.1 Å². The molecular formula is C19H21N3OS. The summed E-state index contributed by atoms with van der Waals surface area (Å²) >= 11 is 1.64. The molecule has 1 aromatic carbocycles. The molecule has 0 spiro atoms. The van der Waals surface area contributed by atoms with Crippen LogP contribution in [0.5, 0.6) is 0 Å². The average molecular weight is 339 g/mol. The lowest BCUT2D eigenvalue weighted by Crippen LogP contribution is -2.33. The molecule has 3 aromatic rings. The van der Waals surface area contributed by atoms with Crippen LogP contribution in [0.25, 0.3) is 11.0 Å². The quantitative estimate of drug-likeness (QED) is 0.720. The number of para-hydroxylation sites is 2. The summed E-state index contributed by atoms with van der Waals surface area (Å²) in [5.41, 5.74) is 3.29. The Morgan fingerprint density at radius 2 is 2.21 bits per heavy atom. The van der Waals surface area contributed by atoms with E-state index in [4.69, 9.17) is 4.98 Å². The number of benzene rings is 1. The zero-order valence-electron chi connectivity index (χ0n) is 13.8. The molecule has 0 bridgehead atoms. The van der Waals surface area contributed by atoms with Gasteiger partial charge in [-0.25, -0.2) is 4.98 Å². The number of amides is 1. The molecule has 124 valence electrons. The van der Waals surface area contributed by atoms with E-state index in [1.807, 2.05) is 28.5 Å². The van der Waals surface area contributed by atoms with E-state index >= 15 is 0 Å². The van der Waals surface area contributed by atoms with Crippen molar-refractivity contribution in [3.8, 4) is 0 Å². The summed E-state index contributed by atoms with van der Waals surface area (Å²) in [5, 5.41) is 4.09. The first kappa shape index (κ1) is 15.4. The third-order valence-electron chi connectivity index (χ3n) is 4.81. The van der Waals surface area contributed by atoms with E-state index < -0.39 is 0 Å². The molecule has 1 aliphatic rings. The van der Waals surface area contributed by atoms with Crippen molar-refractivity contribution >= 4 is 28.3 Å². The fourth-order valence-electron chi connectivity index (χ4n) is 3.68. The molecule has 24 heavy (non-hydrogen) atoms. The second kappa shape index (κ2) is 6.40. The standard InChI is InChI=1S/C19H21N3OS/c1-2-21-16-7-4-3-6-15(16)20-19(21)17-8-5-10-22(17)18(23)12-14-9-11-24-13-14/h3-4,6-7,9,11,13,17H,2,5,8,10,12H2,1H3/t17-/m0/s1. The van der Waals surface area contributed by atoms with Gasteiger partial charge in [-0.05, 0) is 54.3 Å². The van der Waals surface area contributed by atoms with Crippen LogP contribution in [-0.4, -0.2) is 26.9 Å². The van der Waals surface area contributed by atoms with Crippen molar-refractivity contribution in [2.24, 2.45) is 0 Å². The molecule has 1 fully saturated rings. The lowest BCUT2D eigenvalue weighted by molar-refractivity contribution is -0.131. The molecule has 5 heteroatoms. The number of imidazole rings is 1. The lowest BCUT2D eigenvalue weighted by atomic mass is 10.1. The van der Waals surface area contributed by atoms with E-state index in [0.29, 0.717) is 6.42 Å². The molecule has 1 saturated heterocycles. The Hall–Kier alpha value is -2.14. The second-order valence-corrected chi connectivity index (χ2v) is 7.04. The van der Waals surface area contributed by atoms with Crippen molar-refractivity contribution in [2.45, 2.75) is 38.8 Å². The van der Waals surface area contributed by atoms with Crippen LogP contribution < -0.4 is 0 Å². The molecule has 1 aliphatic heterocycles. The van der Waals surface area contributed by atoms with Crippen molar-refractivity contribution in [3.63, 3.8) is 0 Å². The third kappa shape index (κ3) is 2.63. The fraction of sp³-hybridized carbons (Fsp3) is 0.368. The first-order valence-electron chi connectivity index (χ1n) is 8.53. The highest BCUT2D eigenvalue weighted by Crippen LogP contribution is 2.34. The smallest absolute Gasteiger partial charge is 0.227 e. The summed E-state index contributed by atoms with van der Waals surface area (Å²) in [6.07, 6.45) is 2.54. The van der Waals surface area contributed by atoms with Crippen molar-refractivity contribution < 1.29 is 4.79 Å². The number of hydrogen-bond donors (Lipinski definition) is 0. The molecule has 0 aliphatic carbocycles. The van der Waals surface area contributed by atoms with Crippen LogP contribution in [0, 0.1) is 0 Å². The van der Waals surface area contributed by atoms with Gasteiger partial charge >= 0.3 is 0 Å². The number of aryl methyl sites for hydroxylation is 1. The SMILES string of the molecule is CCn1c([C@@H]2CCCN2C(=O)Cc2ccsc2)nc2ccccc21. The summed E-state index contributed by atoms with van der Waals surface area (Å²) in [6, 6.07) is 10.4. The van der Waals surface area contributed by atoms with Gasteiger partial charge in [0.1, 0.15) is 5.82 Å². The van der Waals surface area contributed by atoms with Gasteiger partial charge < -0.3 is 9.47 Å². The Kier molecular flexibility index (Phi) is 4.10. The molecule has 2 aromatic heterocycles. The van der Waals surface area contributed by atoms with Gasteiger partial charge in [0, 0.05) is 13.1 Å². The highest BCUT2D eigenvalue weighted by atomic mass is 32.1. The molecule has 0 N–H and O–H groups in total. The van der Waals surface area contributed by atoms with Crippen LogP contribution in [0.4, 0.5) is 0 Å². The number of hydrogen-bond acceptors (Lipinski definition) is 3. The Balaban J connectivity index is 1.66. The first-order valence-corrected chi connectivity index (χ1v) is 9.48. The lowest BCUT2D eigenvalue weighted by Gasteiger charge is -2.25. The molecular weight excluding hydrogens is 318 g/mol. The number of fused-ring (bicyclic) bond motifs is 1. The molecule has 3 heterocycles. The van der Waals surface area contributed by atoms with Crippen molar-refractivity contribution in [1.29, 1.82) is 0 Å². The van der Waals surface area contributed by atoms with E-state index in [2.05, 4.69) is 29.0 Å². The van der Waals surface area contributed by atoms with E-state index in [1.54, 1.807) is 11.3 Å². The molecule has 1 amide bonds. The monoisotopic (exact) mass is 339 g/mol. The second-order valence-electron chi connectivity index (χ2n) is 6.26. The van der Waals surface area contributed by atoms with Gasteiger partial charge in [-0.1, -0.05) is 12.1 Å². The Labute approximate surface area is 145 Å². The van der Waals surface area contributed by atoms with Crippen LogP contribution in [0.3, 0.4) is 0 Å². The summed E-state index contributed by atoms with van der Waals surface area (Å²) in [6.45, 7) is 3.85. The van der Waals surface area contributed by atoms with Gasteiger partial charge in [0.05, 0.1) is 23.5 Å². The highest BCUT2D eigenvalue weighted by molar-refractivity contribution is 7.08. The first-order chi connectivity index (χ1) is 11.8. The minimum Gasteiger partial charge on any atom is -0.332 e. The highest BCUT2D eigenvalue weighted by Gasteiger charge is 2.33. The van der Waals surface area contributed by atoms with Gasteiger partial charge in [0.15, 0.2) is 0 Å². The van der Waals surface area contributed by atoms with Gasteiger partial charge in [0.25, 0.3) is 0 Å². The predicted octanol–water partition coefficient (Wildman–Crippen LogP) is 4.02. The van der Waals surface area contributed by atoms with E-state index in [1.165, 1.54) is 0 Å². The molecule has 4 nitrogen and oxygen atoms in total. The van der Waals surface area contributed by atoms with Crippen LogP contribution in [0.2, 0.25) is 0 Å². The van der Waals surface area contributed by atoms with Gasteiger partial charge in [-0.15, -0.1) is 0 Å².